The number of hydrogen-bond donors (Lipinski definition) is 1. The molecule has 1 N–H and O–H groups in total. The van der Waals surface area contributed by atoms with Crippen LogP contribution in [-0.4, -0.2) is 30.8 Å². The van der Waals surface area contributed by atoms with Gasteiger partial charge in [0, 0.05) is 6.07 Å². The van der Waals surface area contributed by atoms with Gasteiger partial charge in [0.1, 0.15) is 11.5 Å². The number of rotatable bonds is 7. The molecule has 0 bridgehead atoms. The molecule has 0 saturated heterocycles. The zero-order valence-corrected chi connectivity index (χ0v) is 14.7. The third-order valence-electron chi connectivity index (χ3n) is 2.98. The van der Waals surface area contributed by atoms with E-state index in [2.05, 4.69) is 26.5 Å². The molecule has 2 aromatic rings. The molecule has 1 amide bonds. The standard InChI is InChI=1S/C16H14BrN3O5/c1-24-15-6-5-11(7-14(15)17)9-18-19-16(21)10-25-13-4-2-3-12(8-13)20(22)23/h2-9H,10H2,1H3,(H,19,21). The van der Waals surface area contributed by atoms with Crippen molar-refractivity contribution in [2.75, 3.05) is 13.7 Å². The number of nitrogens with one attached hydrogen (secondary N) is 1. The van der Waals surface area contributed by atoms with Crippen LogP contribution in [0.3, 0.4) is 0 Å². The van der Waals surface area contributed by atoms with E-state index in [1.165, 1.54) is 30.5 Å². The number of nitro benzene ring substituents is 1. The Hall–Kier alpha value is -2.94. The predicted molar refractivity (Wildman–Crippen MR) is 95.0 cm³/mol. The van der Waals surface area contributed by atoms with E-state index in [1.807, 2.05) is 0 Å². The van der Waals surface area contributed by atoms with Gasteiger partial charge in [-0.3, -0.25) is 14.9 Å². The van der Waals surface area contributed by atoms with Crippen LogP contribution in [0.5, 0.6) is 11.5 Å². The third-order valence-corrected chi connectivity index (χ3v) is 3.60. The van der Waals surface area contributed by atoms with Gasteiger partial charge in [0.15, 0.2) is 6.61 Å². The van der Waals surface area contributed by atoms with Crippen molar-refractivity contribution in [2.24, 2.45) is 5.10 Å². The van der Waals surface area contributed by atoms with Crippen molar-refractivity contribution in [3.05, 3.63) is 62.6 Å². The molecule has 0 unspecified atom stereocenters. The molecule has 0 saturated carbocycles. The summed E-state index contributed by atoms with van der Waals surface area (Å²) in [5, 5.41) is 14.5. The Morgan fingerprint density at radius 1 is 1.36 bits per heavy atom. The molecule has 8 nitrogen and oxygen atoms in total. The summed E-state index contributed by atoms with van der Waals surface area (Å²) < 4.78 is 11.1. The summed E-state index contributed by atoms with van der Waals surface area (Å²) in [6.45, 7) is -0.315. The molecule has 2 rings (SSSR count). The van der Waals surface area contributed by atoms with E-state index < -0.39 is 10.8 Å². The average Bonchev–Trinajstić information content (AvgIpc) is 2.60. The van der Waals surface area contributed by atoms with Crippen molar-refractivity contribution < 1.29 is 19.2 Å². The first-order chi connectivity index (χ1) is 12.0. The van der Waals surface area contributed by atoms with Crippen molar-refractivity contribution in [3.63, 3.8) is 0 Å². The number of hydrazone groups is 1. The number of amides is 1. The average molecular weight is 408 g/mol. The lowest BCUT2D eigenvalue weighted by Gasteiger charge is -2.05. The summed E-state index contributed by atoms with van der Waals surface area (Å²) in [6, 6.07) is 10.9. The molecule has 25 heavy (non-hydrogen) atoms. The smallest absolute Gasteiger partial charge is 0.277 e. The van der Waals surface area contributed by atoms with Crippen molar-refractivity contribution >= 4 is 33.7 Å². The highest BCUT2D eigenvalue weighted by atomic mass is 79.9. The molecule has 0 atom stereocenters. The van der Waals surface area contributed by atoms with E-state index in [-0.39, 0.29) is 18.0 Å². The minimum Gasteiger partial charge on any atom is -0.496 e. The van der Waals surface area contributed by atoms with Crippen LogP contribution in [0.1, 0.15) is 5.56 Å². The van der Waals surface area contributed by atoms with E-state index in [1.54, 1.807) is 25.3 Å². The normalized spacial score (nSPS) is 10.5. The van der Waals surface area contributed by atoms with Crippen LogP contribution in [-0.2, 0) is 4.79 Å². The number of nitro groups is 1. The zero-order chi connectivity index (χ0) is 18.2. The lowest BCUT2D eigenvalue weighted by molar-refractivity contribution is -0.384. The second-order valence-corrected chi connectivity index (χ2v) is 5.58. The molecule has 0 aliphatic carbocycles. The number of hydrogen-bond acceptors (Lipinski definition) is 6. The summed E-state index contributed by atoms with van der Waals surface area (Å²) in [7, 11) is 1.56. The van der Waals surface area contributed by atoms with E-state index in [0.717, 1.165) is 10.0 Å². The van der Waals surface area contributed by atoms with Crippen LogP contribution in [0.25, 0.3) is 0 Å². The molecule has 0 aliphatic rings. The van der Waals surface area contributed by atoms with Gasteiger partial charge >= 0.3 is 0 Å². The summed E-state index contributed by atoms with van der Waals surface area (Å²) >= 11 is 3.35. The number of non-ortho nitro benzene ring substituents is 1. The van der Waals surface area contributed by atoms with Gasteiger partial charge in [-0.15, -0.1) is 0 Å². The first kappa shape index (κ1) is 18.4. The van der Waals surface area contributed by atoms with Crippen molar-refractivity contribution in [1.29, 1.82) is 0 Å². The highest BCUT2D eigenvalue weighted by Crippen LogP contribution is 2.24. The van der Waals surface area contributed by atoms with Crippen LogP contribution < -0.4 is 14.9 Å². The highest BCUT2D eigenvalue weighted by Gasteiger charge is 2.08. The van der Waals surface area contributed by atoms with Crippen molar-refractivity contribution in [3.8, 4) is 11.5 Å². The van der Waals surface area contributed by atoms with E-state index in [0.29, 0.717) is 5.75 Å². The van der Waals surface area contributed by atoms with Crippen molar-refractivity contribution in [2.45, 2.75) is 0 Å². The number of carbonyl (C=O) groups is 1. The van der Waals surface area contributed by atoms with E-state index >= 15 is 0 Å². The minimum absolute atomic E-state index is 0.110. The minimum atomic E-state index is -0.537. The SMILES string of the molecule is COc1ccc(C=NNC(=O)COc2cccc([N+](=O)[O-])c2)cc1Br. The van der Waals surface area contributed by atoms with Gasteiger partial charge in [-0.25, -0.2) is 5.43 Å². The number of halogens is 1. The number of ether oxygens (including phenoxy) is 2. The van der Waals surface area contributed by atoms with Gasteiger partial charge in [-0.1, -0.05) is 6.07 Å². The largest absolute Gasteiger partial charge is 0.496 e. The van der Waals surface area contributed by atoms with Gasteiger partial charge in [-0.05, 0) is 45.8 Å². The molecule has 9 heteroatoms. The Balaban J connectivity index is 1.85. The predicted octanol–water partition coefficient (Wildman–Crippen LogP) is 2.90. The molecule has 0 spiro atoms. The summed E-state index contributed by atoms with van der Waals surface area (Å²) in [5.74, 6) is 0.425. The van der Waals surface area contributed by atoms with Gasteiger partial charge < -0.3 is 9.47 Å². The van der Waals surface area contributed by atoms with Crippen LogP contribution in [0.15, 0.2) is 52.0 Å². The Morgan fingerprint density at radius 3 is 2.84 bits per heavy atom. The summed E-state index contributed by atoms with van der Waals surface area (Å²) in [6.07, 6.45) is 1.47. The molecule has 2 aromatic carbocycles. The van der Waals surface area contributed by atoms with Crippen LogP contribution in [0.4, 0.5) is 5.69 Å². The fourth-order valence-corrected chi connectivity index (χ4v) is 2.37. The maximum absolute atomic E-state index is 11.7. The molecular formula is C16H14BrN3O5. The molecule has 0 fully saturated rings. The number of methoxy groups -OCH3 is 1. The monoisotopic (exact) mass is 407 g/mol. The highest BCUT2D eigenvalue weighted by molar-refractivity contribution is 9.10. The van der Waals surface area contributed by atoms with Gasteiger partial charge in [0.2, 0.25) is 0 Å². The quantitative estimate of drug-likeness (QED) is 0.431. The van der Waals surface area contributed by atoms with Gasteiger partial charge in [0.05, 0.1) is 28.8 Å². The second-order valence-electron chi connectivity index (χ2n) is 4.73. The van der Waals surface area contributed by atoms with Crippen LogP contribution in [0.2, 0.25) is 0 Å². The maximum atomic E-state index is 11.7. The zero-order valence-electron chi connectivity index (χ0n) is 13.1. The number of nitrogens with zero attached hydrogens (tertiary/aromatic N) is 2. The first-order valence-corrected chi connectivity index (χ1v) is 7.81. The lowest BCUT2D eigenvalue weighted by atomic mass is 10.2. The Morgan fingerprint density at radius 2 is 2.16 bits per heavy atom. The fourth-order valence-electron chi connectivity index (χ4n) is 1.81. The number of benzene rings is 2. The maximum Gasteiger partial charge on any atom is 0.277 e. The van der Waals surface area contributed by atoms with E-state index in [9.17, 15) is 14.9 Å². The Labute approximate surface area is 151 Å². The molecule has 0 heterocycles. The van der Waals surface area contributed by atoms with Crippen LogP contribution >= 0.6 is 15.9 Å². The molecule has 0 aromatic heterocycles. The van der Waals surface area contributed by atoms with Gasteiger partial charge in [-0.2, -0.15) is 5.10 Å². The first-order valence-electron chi connectivity index (χ1n) is 7.02. The summed E-state index contributed by atoms with van der Waals surface area (Å²) in [5.41, 5.74) is 2.96. The molecule has 130 valence electrons. The second kappa shape index (κ2) is 8.78. The van der Waals surface area contributed by atoms with E-state index in [4.69, 9.17) is 9.47 Å². The number of carbonyl (C=O) groups excluding carboxylic acids is 1. The van der Waals surface area contributed by atoms with Crippen molar-refractivity contribution in [1.82, 2.24) is 5.43 Å². The Kier molecular flexibility index (Phi) is 6.47. The molecule has 0 radical (unpaired) electrons. The van der Waals surface area contributed by atoms with Gasteiger partial charge in [0.25, 0.3) is 11.6 Å². The van der Waals surface area contributed by atoms with Crippen LogP contribution in [0, 0.1) is 10.1 Å². The summed E-state index contributed by atoms with van der Waals surface area (Å²) in [4.78, 5) is 21.8. The molecule has 0 aliphatic heterocycles. The molecular weight excluding hydrogens is 394 g/mol. The lowest BCUT2D eigenvalue weighted by Crippen LogP contribution is -2.24. The fraction of sp³-hybridized carbons (Fsp3) is 0.125. The topological polar surface area (TPSA) is 103 Å². The third kappa shape index (κ3) is 5.57. The Bertz CT molecular complexity index is 810.